The summed E-state index contributed by atoms with van der Waals surface area (Å²) in [6, 6.07) is 8.73. The van der Waals surface area contributed by atoms with Crippen LogP contribution in [0.25, 0.3) is 5.76 Å². The second-order valence-corrected chi connectivity index (χ2v) is 10.2. The number of aryl methyl sites for hydroxylation is 1. The summed E-state index contributed by atoms with van der Waals surface area (Å²) >= 11 is 1.01. The lowest BCUT2D eigenvalue weighted by Crippen LogP contribution is -2.29. The third-order valence-corrected chi connectivity index (χ3v) is 7.77. The van der Waals surface area contributed by atoms with Gasteiger partial charge in [-0.05, 0) is 49.7 Å². The quantitative estimate of drug-likeness (QED) is 0.123. The molecule has 1 atom stereocenters. The van der Waals surface area contributed by atoms with Crippen molar-refractivity contribution >= 4 is 39.7 Å². The Bertz CT molecular complexity index is 1590. The van der Waals surface area contributed by atoms with Crippen LogP contribution < -0.4 is 23.8 Å². The van der Waals surface area contributed by atoms with Crippen LogP contribution in [0, 0.1) is 6.92 Å². The van der Waals surface area contributed by atoms with Crippen LogP contribution in [0.2, 0.25) is 0 Å². The number of aliphatic hydroxyl groups excluding tert-OH is 1. The fourth-order valence-corrected chi connectivity index (χ4v) is 5.72. The highest BCUT2D eigenvalue weighted by Gasteiger charge is 2.48. The Kier molecular flexibility index (Phi) is 7.80. The second kappa shape index (κ2) is 11.5. The number of carbonyl (C=O) groups is 3. The fraction of sp³-hybridized carbons (Fsp3) is 0.267. The highest BCUT2D eigenvalue weighted by atomic mass is 32.1. The van der Waals surface area contributed by atoms with Crippen molar-refractivity contribution in [1.82, 2.24) is 4.98 Å². The van der Waals surface area contributed by atoms with E-state index in [9.17, 15) is 19.5 Å². The van der Waals surface area contributed by atoms with Crippen LogP contribution in [0.1, 0.15) is 46.4 Å². The molecule has 1 unspecified atom stereocenters. The summed E-state index contributed by atoms with van der Waals surface area (Å²) in [5, 5.41) is 11.7. The largest absolute Gasteiger partial charge is 0.507 e. The summed E-state index contributed by atoms with van der Waals surface area (Å²) in [6.45, 7) is 9.87. The molecule has 5 rings (SSSR count). The summed E-state index contributed by atoms with van der Waals surface area (Å²) in [6.07, 6.45) is 1.60. The van der Waals surface area contributed by atoms with E-state index in [-0.39, 0.29) is 28.7 Å². The van der Waals surface area contributed by atoms with Crippen LogP contribution in [0.5, 0.6) is 23.0 Å². The molecule has 10 nitrogen and oxygen atoms in total. The van der Waals surface area contributed by atoms with Crippen molar-refractivity contribution in [3.05, 3.63) is 76.3 Å². The molecular formula is C30H28N2O8S. The zero-order valence-electron chi connectivity index (χ0n) is 22.8. The van der Waals surface area contributed by atoms with Gasteiger partial charge in [-0.2, -0.15) is 0 Å². The Morgan fingerprint density at radius 3 is 2.59 bits per heavy atom. The van der Waals surface area contributed by atoms with Gasteiger partial charge >= 0.3 is 5.91 Å². The van der Waals surface area contributed by atoms with E-state index in [2.05, 4.69) is 11.6 Å². The molecule has 11 heteroatoms. The Labute approximate surface area is 240 Å². The van der Waals surface area contributed by atoms with E-state index in [1.807, 2.05) is 6.92 Å². The van der Waals surface area contributed by atoms with Gasteiger partial charge in [0.2, 0.25) is 0 Å². The summed E-state index contributed by atoms with van der Waals surface area (Å²) in [4.78, 5) is 45.4. The standard InChI is InChI=1S/C30H28N2O8S/c1-5-11-38-20-9-7-18(14-22(20)37-6-2)25-24(26(34)19-8-10-21-23(15-19)40-13-12-39-21)27(35)29(36)32(25)30-31-16(3)28(41-30)17(4)33/h5,7-10,14-15,25,34H,1,6,11-13H2,2-4H3/b26-24+. The minimum absolute atomic E-state index is 0.147. The minimum Gasteiger partial charge on any atom is -0.507 e. The van der Waals surface area contributed by atoms with Gasteiger partial charge in [0.1, 0.15) is 25.6 Å². The van der Waals surface area contributed by atoms with Gasteiger partial charge in [-0.25, -0.2) is 4.98 Å². The molecule has 1 amide bonds. The van der Waals surface area contributed by atoms with Crippen LogP contribution in [0.15, 0.2) is 54.6 Å². The third kappa shape index (κ3) is 5.16. The van der Waals surface area contributed by atoms with Gasteiger partial charge in [0.15, 0.2) is 33.9 Å². The number of rotatable bonds is 9. The number of ether oxygens (including phenoxy) is 4. The highest BCUT2D eigenvalue weighted by molar-refractivity contribution is 7.18. The Morgan fingerprint density at radius 1 is 1.15 bits per heavy atom. The number of aromatic nitrogens is 1. The van der Waals surface area contributed by atoms with Crippen molar-refractivity contribution in [3.8, 4) is 23.0 Å². The van der Waals surface area contributed by atoms with Gasteiger partial charge in [0.25, 0.3) is 5.78 Å². The number of aliphatic hydroxyl groups is 1. The van der Waals surface area contributed by atoms with Crippen molar-refractivity contribution in [2.24, 2.45) is 0 Å². The molecule has 212 valence electrons. The van der Waals surface area contributed by atoms with E-state index in [1.165, 1.54) is 11.8 Å². The van der Waals surface area contributed by atoms with E-state index >= 15 is 0 Å². The number of hydrogen-bond donors (Lipinski definition) is 1. The molecule has 3 heterocycles. The molecule has 2 aliphatic rings. The van der Waals surface area contributed by atoms with Crippen LogP contribution in [0.4, 0.5) is 5.13 Å². The molecule has 2 aromatic carbocycles. The van der Waals surface area contributed by atoms with Crippen LogP contribution in [0.3, 0.4) is 0 Å². The maximum absolute atomic E-state index is 13.6. The number of anilines is 1. The highest BCUT2D eigenvalue weighted by Crippen LogP contribution is 2.46. The van der Waals surface area contributed by atoms with Crippen LogP contribution in [-0.2, 0) is 9.59 Å². The van der Waals surface area contributed by atoms with E-state index in [0.717, 1.165) is 11.3 Å². The number of carbonyl (C=O) groups excluding carboxylic acids is 3. The number of fused-ring (bicyclic) bond motifs is 1. The van der Waals surface area contributed by atoms with Gasteiger partial charge in [-0.3, -0.25) is 19.3 Å². The van der Waals surface area contributed by atoms with E-state index in [4.69, 9.17) is 18.9 Å². The summed E-state index contributed by atoms with van der Waals surface area (Å²) in [5.74, 6) is -0.630. The van der Waals surface area contributed by atoms with Gasteiger partial charge in [0.05, 0.1) is 28.8 Å². The molecule has 1 aromatic heterocycles. The molecule has 3 aromatic rings. The molecular weight excluding hydrogens is 548 g/mol. The normalized spacial score (nSPS) is 17.4. The molecule has 2 aliphatic heterocycles. The molecule has 0 bridgehead atoms. The zero-order chi connectivity index (χ0) is 29.3. The van der Waals surface area contributed by atoms with E-state index in [0.29, 0.717) is 59.0 Å². The average molecular weight is 577 g/mol. The molecule has 41 heavy (non-hydrogen) atoms. The van der Waals surface area contributed by atoms with Crippen molar-refractivity contribution in [3.63, 3.8) is 0 Å². The lowest BCUT2D eigenvalue weighted by Gasteiger charge is -2.24. The third-order valence-electron chi connectivity index (χ3n) is 6.51. The van der Waals surface area contributed by atoms with Crippen molar-refractivity contribution in [2.75, 3.05) is 31.3 Å². The first-order valence-corrected chi connectivity index (χ1v) is 13.8. The fourth-order valence-electron chi connectivity index (χ4n) is 4.73. The number of Topliss-reactive ketones (excluding diaryl/α,β-unsaturated/α-hetero) is 2. The Hall–Kier alpha value is -4.64. The number of amides is 1. The molecule has 0 radical (unpaired) electrons. The van der Waals surface area contributed by atoms with Gasteiger partial charge in [0, 0.05) is 12.5 Å². The SMILES string of the molecule is C=CCOc1ccc(C2/C(=C(\O)c3ccc4c(c3)OCCO4)C(=O)C(=O)N2c2nc(C)c(C(C)=O)s2)cc1OCC. The average Bonchev–Trinajstić information content (AvgIpc) is 3.48. The van der Waals surface area contributed by atoms with Crippen molar-refractivity contribution in [2.45, 2.75) is 26.8 Å². The van der Waals surface area contributed by atoms with Crippen molar-refractivity contribution < 1.29 is 38.4 Å². The molecule has 1 saturated heterocycles. The maximum atomic E-state index is 13.6. The minimum atomic E-state index is -1.08. The number of ketones is 2. The lowest BCUT2D eigenvalue weighted by atomic mass is 9.95. The summed E-state index contributed by atoms with van der Waals surface area (Å²) in [5.41, 5.74) is 1.03. The molecule has 1 fully saturated rings. The first-order valence-electron chi connectivity index (χ1n) is 12.9. The molecule has 0 aliphatic carbocycles. The summed E-state index contributed by atoms with van der Waals surface area (Å²) in [7, 11) is 0. The smallest absolute Gasteiger partial charge is 0.301 e. The first-order chi connectivity index (χ1) is 19.7. The van der Waals surface area contributed by atoms with Crippen LogP contribution >= 0.6 is 11.3 Å². The number of thiazole rings is 1. The molecule has 0 saturated carbocycles. The Morgan fingerprint density at radius 2 is 1.90 bits per heavy atom. The number of nitrogens with zero attached hydrogens (tertiary/aromatic N) is 2. The van der Waals surface area contributed by atoms with E-state index < -0.39 is 23.5 Å². The van der Waals surface area contributed by atoms with Gasteiger partial charge < -0.3 is 24.1 Å². The number of benzene rings is 2. The van der Waals surface area contributed by atoms with E-state index in [1.54, 1.807) is 49.4 Å². The predicted octanol–water partition coefficient (Wildman–Crippen LogP) is 5.02. The number of hydrogen-bond acceptors (Lipinski definition) is 10. The second-order valence-electron chi connectivity index (χ2n) is 9.23. The molecule has 0 spiro atoms. The van der Waals surface area contributed by atoms with Gasteiger partial charge in [-0.1, -0.05) is 30.1 Å². The first kappa shape index (κ1) is 27.9. The predicted molar refractivity (Wildman–Crippen MR) is 152 cm³/mol. The van der Waals surface area contributed by atoms with Crippen molar-refractivity contribution in [1.29, 1.82) is 0 Å². The topological polar surface area (TPSA) is 124 Å². The van der Waals surface area contributed by atoms with Crippen LogP contribution in [-0.4, -0.2) is 54.0 Å². The zero-order valence-corrected chi connectivity index (χ0v) is 23.6. The summed E-state index contributed by atoms with van der Waals surface area (Å²) < 4.78 is 22.8. The molecule has 1 N–H and O–H groups in total. The lowest BCUT2D eigenvalue weighted by molar-refractivity contribution is -0.132. The maximum Gasteiger partial charge on any atom is 0.301 e. The Balaban J connectivity index is 1.70. The van der Waals surface area contributed by atoms with Gasteiger partial charge in [-0.15, -0.1) is 0 Å². The monoisotopic (exact) mass is 576 g/mol.